The minimum atomic E-state index is -0.809. The van der Waals surface area contributed by atoms with E-state index in [9.17, 15) is 14.3 Å². The molecule has 1 N–H and O–H groups in total. The minimum Gasteiger partial charge on any atom is -0.481 e. The van der Waals surface area contributed by atoms with Gasteiger partial charge in [-0.15, -0.1) is 0 Å². The Morgan fingerprint density at radius 3 is 2.73 bits per heavy atom. The van der Waals surface area contributed by atoms with Gasteiger partial charge in [0.15, 0.2) is 0 Å². The Morgan fingerprint density at radius 2 is 2.04 bits per heavy atom. The standard InChI is InChI=1S/C20H16BrClFNO2/c21-17-9-14(23)8-16-15-6-3-12(7-18(25)26)19(15)24(20(16)17)10-11-1-4-13(22)5-2-11/h1-2,4-5,8-9,12H,3,6-7,10H2,(H,25,26)/t12-/m1/s1. The highest BCUT2D eigenvalue weighted by Crippen LogP contribution is 2.44. The van der Waals surface area contributed by atoms with Crippen molar-refractivity contribution in [1.82, 2.24) is 4.57 Å². The molecule has 0 spiro atoms. The predicted molar refractivity (Wildman–Crippen MR) is 103 cm³/mol. The largest absolute Gasteiger partial charge is 0.481 e. The van der Waals surface area contributed by atoms with Crippen LogP contribution in [0.25, 0.3) is 10.9 Å². The first-order valence-electron chi connectivity index (χ1n) is 8.40. The summed E-state index contributed by atoms with van der Waals surface area (Å²) in [6, 6.07) is 10.6. The highest BCUT2D eigenvalue weighted by molar-refractivity contribution is 9.10. The zero-order valence-electron chi connectivity index (χ0n) is 13.8. The summed E-state index contributed by atoms with van der Waals surface area (Å²) in [4.78, 5) is 11.3. The average molecular weight is 437 g/mol. The van der Waals surface area contributed by atoms with Crippen LogP contribution in [0.4, 0.5) is 4.39 Å². The van der Waals surface area contributed by atoms with Crippen molar-refractivity contribution < 1.29 is 14.3 Å². The van der Waals surface area contributed by atoms with E-state index in [1.807, 2.05) is 24.3 Å². The van der Waals surface area contributed by atoms with Crippen LogP contribution < -0.4 is 0 Å². The van der Waals surface area contributed by atoms with Gasteiger partial charge in [0.1, 0.15) is 5.82 Å². The summed E-state index contributed by atoms with van der Waals surface area (Å²) < 4.78 is 16.8. The van der Waals surface area contributed by atoms with Crippen LogP contribution in [-0.2, 0) is 17.8 Å². The molecule has 0 amide bonds. The van der Waals surface area contributed by atoms with Crippen LogP contribution in [0.3, 0.4) is 0 Å². The Balaban J connectivity index is 1.91. The first-order valence-corrected chi connectivity index (χ1v) is 9.57. The molecular weight excluding hydrogens is 421 g/mol. The number of aliphatic carboxylic acids is 1. The first-order chi connectivity index (χ1) is 12.4. The third kappa shape index (κ3) is 3.03. The maximum Gasteiger partial charge on any atom is 0.304 e. The number of hydrogen-bond acceptors (Lipinski definition) is 1. The van der Waals surface area contributed by atoms with Gasteiger partial charge in [-0.3, -0.25) is 4.79 Å². The van der Waals surface area contributed by atoms with E-state index in [0.717, 1.165) is 40.6 Å². The fourth-order valence-electron chi connectivity index (χ4n) is 4.02. The maximum absolute atomic E-state index is 14.0. The Labute approximate surface area is 163 Å². The molecule has 134 valence electrons. The number of carbonyl (C=O) groups is 1. The number of aromatic nitrogens is 1. The van der Waals surface area contributed by atoms with Gasteiger partial charge in [0, 0.05) is 33.0 Å². The lowest BCUT2D eigenvalue weighted by Gasteiger charge is -2.16. The van der Waals surface area contributed by atoms with Crippen molar-refractivity contribution in [1.29, 1.82) is 0 Å². The Morgan fingerprint density at radius 1 is 1.31 bits per heavy atom. The third-order valence-electron chi connectivity index (χ3n) is 5.03. The van der Waals surface area contributed by atoms with Gasteiger partial charge < -0.3 is 9.67 Å². The number of fused-ring (bicyclic) bond motifs is 3. The summed E-state index contributed by atoms with van der Waals surface area (Å²) >= 11 is 9.48. The third-order valence-corrected chi connectivity index (χ3v) is 5.88. The average Bonchev–Trinajstić information content (AvgIpc) is 3.09. The number of carboxylic acids is 1. The molecule has 1 aromatic heterocycles. The Hall–Kier alpha value is -1.85. The SMILES string of the molecule is O=C(O)C[C@H]1CCc2c1n(Cc1ccc(Cl)cc1)c1c(Br)cc(F)cc21. The number of aryl methyl sites for hydroxylation is 1. The van der Waals surface area contributed by atoms with Gasteiger partial charge in [0.2, 0.25) is 0 Å². The number of hydrogen-bond donors (Lipinski definition) is 1. The van der Waals surface area contributed by atoms with Crippen LogP contribution in [0.1, 0.15) is 35.6 Å². The van der Waals surface area contributed by atoms with Gasteiger partial charge in [-0.1, -0.05) is 23.7 Å². The van der Waals surface area contributed by atoms with E-state index < -0.39 is 5.97 Å². The summed E-state index contributed by atoms with van der Waals surface area (Å²) in [6.07, 6.45) is 1.64. The van der Waals surface area contributed by atoms with Gasteiger partial charge in [-0.2, -0.15) is 0 Å². The molecule has 4 rings (SSSR count). The Bertz CT molecular complexity index is 1010. The lowest BCUT2D eigenvalue weighted by molar-refractivity contribution is -0.137. The lowest BCUT2D eigenvalue weighted by atomic mass is 10.0. The van der Waals surface area contributed by atoms with Crippen molar-refractivity contribution in [2.75, 3.05) is 0 Å². The van der Waals surface area contributed by atoms with Crippen LogP contribution >= 0.6 is 27.5 Å². The summed E-state index contributed by atoms with van der Waals surface area (Å²) in [7, 11) is 0. The number of nitrogens with zero attached hydrogens (tertiary/aromatic N) is 1. The molecule has 0 fully saturated rings. The van der Waals surface area contributed by atoms with Crippen molar-refractivity contribution in [2.45, 2.75) is 31.7 Å². The summed E-state index contributed by atoms with van der Waals surface area (Å²) in [6.45, 7) is 0.587. The van der Waals surface area contributed by atoms with E-state index in [0.29, 0.717) is 16.0 Å². The van der Waals surface area contributed by atoms with E-state index in [1.54, 1.807) is 6.07 Å². The molecule has 1 atom stereocenters. The Kier molecular flexibility index (Phi) is 4.53. The molecule has 0 saturated carbocycles. The summed E-state index contributed by atoms with van der Waals surface area (Å²) in [5, 5.41) is 10.8. The number of rotatable bonds is 4. The molecule has 1 heterocycles. The van der Waals surface area contributed by atoms with Gasteiger partial charge in [-0.05, 0) is 64.2 Å². The van der Waals surface area contributed by atoms with Crippen molar-refractivity contribution in [3.63, 3.8) is 0 Å². The highest BCUT2D eigenvalue weighted by atomic mass is 79.9. The molecule has 1 aliphatic carbocycles. The van der Waals surface area contributed by atoms with Crippen LogP contribution in [0.15, 0.2) is 40.9 Å². The van der Waals surface area contributed by atoms with Crippen LogP contribution in [-0.4, -0.2) is 15.6 Å². The van der Waals surface area contributed by atoms with Crippen LogP contribution in [0.2, 0.25) is 5.02 Å². The molecule has 26 heavy (non-hydrogen) atoms. The van der Waals surface area contributed by atoms with E-state index >= 15 is 0 Å². The fourth-order valence-corrected chi connectivity index (χ4v) is 4.79. The predicted octanol–water partition coefficient (Wildman–Crippen LogP) is 5.75. The van der Waals surface area contributed by atoms with E-state index in [4.69, 9.17) is 11.6 Å². The second-order valence-corrected chi connectivity index (χ2v) is 7.98. The zero-order chi connectivity index (χ0) is 18.4. The molecule has 0 bridgehead atoms. The van der Waals surface area contributed by atoms with Gasteiger partial charge in [0.25, 0.3) is 0 Å². The van der Waals surface area contributed by atoms with E-state index in [1.165, 1.54) is 6.07 Å². The molecule has 0 aliphatic heterocycles. The molecule has 3 nitrogen and oxygen atoms in total. The topological polar surface area (TPSA) is 42.2 Å². The molecule has 0 radical (unpaired) electrons. The molecular formula is C20H16BrClFNO2. The quantitative estimate of drug-likeness (QED) is 0.566. The zero-order valence-corrected chi connectivity index (χ0v) is 16.1. The van der Waals surface area contributed by atoms with Crippen LogP contribution in [0.5, 0.6) is 0 Å². The molecule has 3 aromatic rings. The smallest absolute Gasteiger partial charge is 0.304 e. The summed E-state index contributed by atoms with van der Waals surface area (Å²) in [5.74, 6) is -1.16. The summed E-state index contributed by atoms with van der Waals surface area (Å²) in [5.41, 5.74) is 4.07. The molecule has 1 aliphatic rings. The lowest BCUT2D eigenvalue weighted by Crippen LogP contribution is -2.10. The maximum atomic E-state index is 14.0. The van der Waals surface area contributed by atoms with Gasteiger partial charge >= 0.3 is 5.97 Å². The first kappa shape index (κ1) is 17.6. The van der Waals surface area contributed by atoms with Crippen molar-refractivity contribution in [3.8, 4) is 0 Å². The number of carboxylic acid groups (broad SMARTS) is 1. The van der Waals surface area contributed by atoms with Crippen molar-refractivity contribution in [2.24, 2.45) is 0 Å². The van der Waals surface area contributed by atoms with Crippen molar-refractivity contribution >= 4 is 44.4 Å². The molecule has 0 unspecified atom stereocenters. The molecule has 6 heteroatoms. The van der Waals surface area contributed by atoms with E-state index in [2.05, 4.69) is 20.5 Å². The fraction of sp³-hybridized carbons (Fsp3) is 0.250. The monoisotopic (exact) mass is 435 g/mol. The normalized spacial score (nSPS) is 16.2. The van der Waals surface area contributed by atoms with Gasteiger partial charge in [0.05, 0.1) is 11.9 Å². The van der Waals surface area contributed by atoms with E-state index in [-0.39, 0.29) is 18.2 Å². The minimum absolute atomic E-state index is 0.0582. The second-order valence-electron chi connectivity index (χ2n) is 6.69. The molecule has 2 aromatic carbocycles. The van der Waals surface area contributed by atoms with Crippen LogP contribution in [0, 0.1) is 5.82 Å². The van der Waals surface area contributed by atoms with Crippen molar-refractivity contribution in [3.05, 3.63) is 68.5 Å². The number of benzene rings is 2. The number of halogens is 3. The highest BCUT2D eigenvalue weighted by Gasteiger charge is 2.32. The molecule has 0 saturated heterocycles. The second kappa shape index (κ2) is 6.71. The van der Waals surface area contributed by atoms with Gasteiger partial charge in [-0.25, -0.2) is 4.39 Å².